The fraction of sp³-hybridized carbons (Fsp3) is 0.300. The summed E-state index contributed by atoms with van der Waals surface area (Å²) in [6.45, 7) is 4.51. The summed E-state index contributed by atoms with van der Waals surface area (Å²) in [5.74, 6) is 0.236. The fourth-order valence-corrected chi connectivity index (χ4v) is 3.19. The van der Waals surface area contributed by atoms with Crippen LogP contribution in [0.3, 0.4) is 0 Å². The first-order chi connectivity index (χ1) is 13.2. The van der Waals surface area contributed by atoms with Gasteiger partial charge in [-0.2, -0.15) is 0 Å². The van der Waals surface area contributed by atoms with E-state index in [0.29, 0.717) is 0 Å². The maximum Gasteiger partial charge on any atom is 0.267 e. The minimum absolute atomic E-state index is 0.540. The summed E-state index contributed by atoms with van der Waals surface area (Å²) < 4.78 is 5.24. The predicted molar refractivity (Wildman–Crippen MR) is 104 cm³/mol. The van der Waals surface area contributed by atoms with Gasteiger partial charge in [-0.05, 0) is 29.3 Å². The van der Waals surface area contributed by atoms with Gasteiger partial charge in [0.25, 0.3) is 5.91 Å². The van der Waals surface area contributed by atoms with Gasteiger partial charge in [-0.1, -0.05) is 18.2 Å². The summed E-state index contributed by atoms with van der Waals surface area (Å²) in [4.78, 5) is 20.2. The highest BCUT2D eigenvalue weighted by Crippen LogP contribution is 2.23. The van der Waals surface area contributed by atoms with Crippen LogP contribution in [-0.4, -0.2) is 54.3 Å². The summed E-state index contributed by atoms with van der Waals surface area (Å²) in [5.41, 5.74) is 4.79. The minimum atomic E-state index is -0.540. The molecule has 2 heterocycles. The summed E-state index contributed by atoms with van der Waals surface area (Å²) in [6.07, 6.45) is 6.63. The molecule has 1 amide bonds. The number of carbonyl (C=O) groups is 1. The maximum atomic E-state index is 11.3. The number of aromatic nitrogens is 1. The lowest BCUT2D eigenvalue weighted by molar-refractivity contribution is -0.124. The quantitative estimate of drug-likeness (QED) is 0.461. The van der Waals surface area contributed by atoms with Gasteiger partial charge < -0.3 is 9.64 Å². The van der Waals surface area contributed by atoms with E-state index in [9.17, 15) is 4.79 Å². The molecule has 7 nitrogen and oxygen atoms in total. The Morgan fingerprint density at radius 3 is 2.78 bits per heavy atom. The topological polar surface area (TPSA) is 77.9 Å². The van der Waals surface area contributed by atoms with Crippen LogP contribution in [0.5, 0.6) is 5.75 Å². The first-order valence-corrected chi connectivity index (χ1v) is 8.86. The number of piperazine rings is 1. The van der Waals surface area contributed by atoms with Gasteiger partial charge in [-0.3, -0.25) is 19.9 Å². The lowest BCUT2D eigenvalue weighted by Gasteiger charge is -2.36. The fourth-order valence-electron chi connectivity index (χ4n) is 3.19. The van der Waals surface area contributed by atoms with Crippen LogP contribution in [-0.2, 0) is 11.3 Å². The van der Waals surface area contributed by atoms with Crippen LogP contribution in [0.2, 0.25) is 0 Å². The first-order valence-electron chi connectivity index (χ1n) is 8.86. The molecule has 1 aromatic heterocycles. The molecule has 0 atom stereocenters. The van der Waals surface area contributed by atoms with Gasteiger partial charge in [0.2, 0.25) is 0 Å². The number of rotatable bonds is 6. The van der Waals surface area contributed by atoms with Crippen molar-refractivity contribution in [2.45, 2.75) is 6.54 Å². The summed E-state index contributed by atoms with van der Waals surface area (Å²) in [6, 6.07) is 9.97. The Morgan fingerprint density at radius 1 is 1.26 bits per heavy atom. The molecule has 1 saturated heterocycles. The molecule has 7 heteroatoms. The average Bonchev–Trinajstić information content (AvgIpc) is 2.73. The molecule has 3 rings (SSSR count). The van der Waals surface area contributed by atoms with Crippen LogP contribution in [0, 0.1) is 0 Å². The van der Waals surface area contributed by atoms with Gasteiger partial charge in [0.1, 0.15) is 5.75 Å². The lowest BCUT2D eigenvalue weighted by Crippen LogP contribution is -2.46. The SMILES string of the molecule is COc1cncc(CN2CCN(c3ccccc3C=CC(=O)NO)CC2)c1. The third-order valence-corrected chi connectivity index (χ3v) is 4.59. The van der Waals surface area contributed by atoms with E-state index in [2.05, 4.69) is 20.9 Å². The molecule has 1 aliphatic rings. The van der Waals surface area contributed by atoms with E-state index in [0.717, 1.165) is 55.3 Å². The van der Waals surface area contributed by atoms with E-state index in [1.54, 1.807) is 24.9 Å². The second-order valence-electron chi connectivity index (χ2n) is 6.36. The van der Waals surface area contributed by atoms with E-state index in [4.69, 9.17) is 9.94 Å². The van der Waals surface area contributed by atoms with Crippen molar-refractivity contribution in [3.8, 4) is 5.75 Å². The largest absolute Gasteiger partial charge is 0.495 e. The van der Waals surface area contributed by atoms with Crippen molar-refractivity contribution in [2.75, 3.05) is 38.2 Å². The molecule has 0 radical (unpaired) electrons. The molecule has 0 spiro atoms. The number of hydrogen-bond acceptors (Lipinski definition) is 6. The molecule has 142 valence electrons. The van der Waals surface area contributed by atoms with Gasteiger partial charge >= 0.3 is 0 Å². The molecule has 1 fully saturated rings. The predicted octanol–water partition coefficient (Wildman–Crippen LogP) is 1.93. The number of nitrogens with one attached hydrogen (secondary N) is 1. The van der Waals surface area contributed by atoms with Crippen molar-refractivity contribution in [2.24, 2.45) is 0 Å². The minimum Gasteiger partial charge on any atom is -0.495 e. The molecular weight excluding hydrogens is 344 g/mol. The smallest absolute Gasteiger partial charge is 0.267 e. The van der Waals surface area contributed by atoms with Crippen LogP contribution < -0.4 is 15.1 Å². The highest BCUT2D eigenvalue weighted by Gasteiger charge is 2.19. The van der Waals surface area contributed by atoms with Crippen LogP contribution in [0.25, 0.3) is 6.08 Å². The van der Waals surface area contributed by atoms with E-state index in [1.807, 2.05) is 30.5 Å². The number of benzene rings is 1. The van der Waals surface area contributed by atoms with Crippen molar-refractivity contribution >= 4 is 17.7 Å². The second-order valence-corrected chi connectivity index (χ2v) is 6.36. The van der Waals surface area contributed by atoms with Crippen LogP contribution >= 0.6 is 0 Å². The maximum absolute atomic E-state index is 11.3. The molecule has 27 heavy (non-hydrogen) atoms. The van der Waals surface area contributed by atoms with Crippen molar-refractivity contribution in [1.29, 1.82) is 0 Å². The van der Waals surface area contributed by atoms with Crippen molar-refractivity contribution in [1.82, 2.24) is 15.4 Å². The summed E-state index contributed by atoms with van der Waals surface area (Å²) in [5, 5.41) is 8.64. The Balaban J connectivity index is 1.62. The Labute approximate surface area is 158 Å². The normalized spacial score (nSPS) is 15.1. The zero-order chi connectivity index (χ0) is 19.1. The Morgan fingerprint density at radius 2 is 2.04 bits per heavy atom. The van der Waals surface area contributed by atoms with Crippen molar-refractivity contribution in [3.05, 3.63) is 59.9 Å². The standard InChI is InChI=1S/C20H24N4O3/c1-27-18-12-16(13-21-14-18)15-23-8-10-24(11-9-23)19-5-3-2-4-17(19)6-7-20(25)22-26/h2-7,12-14,26H,8-11,15H2,1H3,(H,22,25). The molecule has 0 aliphatic carbocycles. The Kier molecular flexibility index (Phi) is 6.40. The third-order valence-electron chi connectivity index (χ3n) is 4.59. The molecule has 2 N–H and O–H groups in total. The monoisotopic (exact) mass is 368 g/mol. The first kappa shape index (κ1) is 18.9. The number of amides is 1. The van der Waals surface area contributed by atoms with Crippen LogP contribution in [0.15, 0.2) is 48.8 Å². The number of hydrogen-bond donors (Lipinski definition) is 2. The van der Waals surface area contributed by atoms with Crippen LogP contribution in [0.4, 0.5) is 5.69 Å². The molecule has 2 aromatic rings. The van der Waals surface area contributed by atoms with E-state index >= 15 is 0 Å². The third kappa shape index (κ3) is 5.06. The number of anilines is 1. The van der Waals surface area contributed by atoms with Gasteiger partial charge in [0.05, 0.1) is 13.3 Å². The molecule has 0 unspecified atom stereocenters. The number of methoxy groups -OCH3 is 1. The molecule has 0 bridgehead atoms. The Bertz CT molecular complexity index is 801. The van der Waals surface area contributed by atoms with Gasteiger partial charge in [0.15, 0.2) is 0 Å². The van der Waals surface area contributed by atoms with Gasteiger partial charge in [-0.25, -0.2) is 5.48 Å². The number of hydroxylamine groups is 1. The van der Waals surface area contributed by atoms with Crippen molar-refractivity contribution < 1.29 is 14.7 Å². The lowest BCUT2D eigenvalue weighted by atomic mass is 10.1. The van der Waals surface area contributed by atoms with E-state index in [-0.39, 0.29) is 0 Å². The molecule has 0 saturated carbocycles. The number of pyridine rings is 1. The average molecular weight is 368 g/mol. The number of carbonyl (C=O) groups excluding carboxylic acids is 1. The highest BCUT2D eigenvalue weighted by molar-refractivity contribution is 5.91. The summed E-state index contributed by atoms with van der Waals surface area (Å²) in [7, 11) is 1.65. The van der Waals surface area contributed by atoms with Crippen LogP contribution in [0.1, 0.15) is 11.1 Å². The number of ether oxygens (including phenoxy) is 1. The van der Waals surface area contributed by atoms with Crippen molar-refractivity contribution in [3.63, 3.8) is 0 Å². The van der Waals surface area contributed by atoms with Gasteiger partial charge in [0, 0.05) is 50.7 Å². The number of para-hydroxylation sites is 1. The van der Waals surface area contributed by atoms with E-state index in [1.165, 1.54) is 6.08 Å². The molecule has 1 aliphatic heterocycles. The Hall–Kier alpha value is -2.90. The zero-order valence-corrected chi connectivity index (χ0v) is 15.3. The van der Waals surface area contributed by atoms with E-state index < -0.39 is 5.91 Å². The molecular formula is C20H24N4O3. The highest BCUT2D eigenvalue weighted by atomic mass is 16.5. The zero-order valence-electron chi connectivity index (χ0n) is 15.3. The summed E-state index contributed by atoms with van der Waals surface area (Å²) >= 11 is 0. The molecule has 1 aromatic carbocycles. The van der Waals surface area contributed by atoms with Gasteiger partial charge in [-0.15, -0.1) is 0 Å². The second kappa shape index (κ2) is 9.16. The number of nitrogens with zero attached hydrogens (tertiary/aromatic N) is 3.